The third-order valence-electron chi connectivity index (χ3n) is 4.93. The van der Waals surface area contributed by atoms with Gasteiger partial charge >= 0.3 is 0 Å². The Hall–Kier alpha value is -3.67. The fraction of sp³-hybridized carbons (Fsp3) is 0.208. The number of carbonyl (C=O) groups excluding carboxylic acids is 1. The third-order valence-corrected chi connectivity index (χ3v) is 4.93. The molecule has 30 heavy (non-hydrogen) atoms. The Labute approximate surface area is 175 Å². The molecular formula is C24H25NO5. The van der Waals surface area contributed by atoms with E-state index in [1.807, 2.05) is 35.0 Å². The van der Waals surface area contributed by atoms with Crippen molar-refractivity contribution in [2.45, 2.75) is 6.92 Å². The lowest BCUT2D eigenvalue weighted by Gasteiger charge is -2.13. The van der Waals surface area contributed by atoms with Gasteiger partial charge in [-0.1, -0.05) is 6.58 Å². The molecule has 0 bridgehead atoms. The maximum Gasteiger partial charge on any atom is 0.203 e. The molecule has 0 amide bonds. The molecule has 1 heterocycles. The second-order valence-electron chi connectivity index (χ2n) is 6.63. The molecule has 0 fully saturated rings. The molecule has 0 aliphatic rings. The van der Waals surface area contributed by atoms with Gasteiger partial charge in [0.05, 0.1) is 34.0 Å². The van der Waals surface area contributed by atoms with Gasteiger partial charge in [0, 0.05) is 35.0 Å². The van der Waals surface area contributed by atoms with Crippen molar-refractivity contribution in [3.05, 3.63) is 59.8 Å². The Bertz CT molecular complexity index is 1110. The van der Waals surface area contributed by atoms with Crippen LogP contribution in [0.2, 0.25) is 0 Å². The SMILES string of the molecule is C=Cn1cc(/C=C(\C)C(=O)c2cc(OC)c(OC)c(OC)c2)c2ccc(OC)cc21. The van der Waals surface area contributed by atoms with Gasteiger partial charge < -0.3 is 23.5 Å². The Morgan fingerprint density at radius 3 is 2.17 bits per heavy atom. The Kier molecular flexibility index (Phi) is 6.16. The van der Waals surface area contributed by atoms with E-state index in [2.05, 4.69) is 6.58 Å². The van der Waals surface area contributed by atoms with E-state index >= 15 is 0 Å². The lowest BCUT2D eigenvalue weighted by molar-refractivity contribution is 0.103. The number of hydrogen-bond donors (Lipinski definition) is 0. The van der Waals surface area contributed by atoms with Gasteiger partial charge in [0.15, 0.2) is 17.3 Å². The summed E-state index contributed by atoms with van der Waals surface area (Å²) >= 11 is 0. The van der Waals surface area contributed by atoms with Crippen LogP contribution in [0.25, 0.3) is 23.2 Å². The number of rotatable bonds is 8. The average molecular weight is 407 g/mol. The molecule has 0 saturated carbocycles. The van der Waals surface area contributed by atoms with Crippen molar-refractivity contribution in [2.75, 3.05) is 28.4 Å². The number of benzene rings is 2. The van der Waals surface area contributed by atoms with Crippen molar-refractivity contribution < 1.29 is 23.7 Å². The molecule has 0 aliphatic carbocycles. The van der Waals surface area contributed by atoms with Gasteiger partial charge in [0.1, 0.15) is 5.75 Å². The normalized spacial score (nSPS) is 11.3. The number of ether oxygens (including phenoxy) is 4. The molecule has 156 valence electrons. The zero-order valence-corrected chi connectivity index (χ0v) is 17.8. The number of Topliss-reactive ketones (excluding diaryl/α,β-unsaturated/α-hetero) is 1. The molecule has 6 nitrogen and oxygen atoms in total. The fourth-order valence-corrected chi connectivity index (χ4v) is 3.39. The molecule has 0 spiro atoms. The van der Waals surface area contributed by atoms with Crippen molar-refractivity contribution in [3.8, 4) is 23.0 Å². The standard InChI is InChI=1S/C24H25NO5/c1-7-25-14-17(19-9-8-18(27-3)13-20(19)25)10-15(2)23(26)16-11-21(28-4)24(30-6)22(12-16)29-5/h7-14H,1H2,2-6H3/b15-10+. The van der Waals surface area contributed by atoms with Crippen LogP contribution in [0, 0.1) is 0 Å². The molecule has 3 aromatic rings. The molecule has 0 N–H and O–H groups in total. The summed E-state index contributed by atoms with van der Waals surface area (Å²) in [6.45, 7) is 5.64. The topological polar surface area (TPSA) is 58.9 Å². The molecular weight excluding hydrogens is 382 g/mol. The van der Waals surface area contributed by atoms with Crippen LogP contribution < -0.4 is 18.9 Å². The van der Waals surface area contributed by atoms with E-state index in [4.69, 9.17) is 18.9 Å². The monoisotopic (exact) mass is 407 g/mol. The van der Waals surface area contributed by atoms with Crippen LogP contribution in [-0.4, -0.2) is 38.8 Å². The maximum atomic E-state index is 13.1. The molecule has 0 unspecified atom stereocenters. The maximum absolute atomic E-state index is 13.1. The van der Waals surface area contributed by atoms with Crippen LogP contribution in [-0.2, 0) is 0 Å². The summed E-state index contributed by atoms with van der Waals surface area (Å²) in [6.07, 6.45) is 5.51. The molecule has 0 saturated heterocycles. The fourth-order valence-electron chi connectivity index (χ4n) is 3.39. The minimum Gasteiger partial charge on any atom is -0.497 e. The zero-order valence-electron chi connectivity index (χ0n) is 17.8. The Balaban J connectivity index is 2.06. The lowest BCUT2D eigenvalue weighted by Crippen LogP contribution is -2.03. The van der Waals surface area contributed by atoms with Crippen LogP contribution in [0.1, 0.15) is 22.8 Å². The van der Waals surface area contributed by atoms with Crippen LogP contribution in [0.3, 0.4) is 0 Å². The van der Waals surface area contributed by atoms with E-state index in [1.165, 1.54) is 21.3 Å². The van der Waals surface area contributed by atoms with Crippen molar-refractivity contribution in [2.24, 2.45) is 0 Å². The van der Waals surface area contributed by atoms with Crippen molar-refractivity contribution >= 4 is 29.0 Å². The number of methoxy groups -OCH3 is 4. The number of aromatic nitrogens is 1. The number of allylic oxidation sites excluding steroid dienone is 1. The molecule has 0 atom stereocenters. The van der Waals surface area contributed by atoms with Gasteiger partial charge in [-0.05, 0) is 42.8 Å². The average Bonchev–Trinajstić information content (AvgIpc) is 3.13. The van der Waals surface area contributed by atoms with E-state index in [1.54, 1.807) is 32.4 Å². The molecule has 1 aromatic heterocycles. The van der Waals surface area contributed by atoms with Crippen molar-refractivity contribution in [1.82, 2.24) is 4.57 Å². The van der Waals surface area contributed by atoms with Gasteiger partial charge in [-0.25, -0.2) is 0 Å². The predicted octanol–water partition coefficient (Wildman–Crippen LogP) is 5.06. The summed E-state index contributed by atoms with van der Waals surface area (Å²) in [7, 11) is 6.19. The van der Waals surface area contributed by atoms with Crippen LogP contribution in [0.4, 0.5) is 0 Å². The van der Waals surface area contributed by atoms with Gasteiger partial charge in [-0.15, -0.1) is 0 Å². The highest BCUT2D eigenvalue weighted by Crippen LogP contribution is 2.39. The van der Waals surface area contributed by atoms with Gasteiger partial charge in [-0.3, -0.25) is 4.79 Å². The first kappa shape index (κ1) is 21.0. The molecule has 0 radical (unpaired) electrons. The molecule has 0 aliphatic heterocycles. The van der Waals surface area contributed by atoms with Crippen molar-refractivity contribution in [1.29, 1.82) is 0 Å². The third kappa shape index (κ3) is 3.76. The first-order valence-electron chi connectivity index (χ1n) is 9.31. The lowest BCUT2D eigenvalue weighted by atomic mass is 10.0. The van der Waals surface area contributed by atoms with Crippen LogP contribution >= 0.6 is 0 Å². The summed E-state index contributed by atoms with van der Waals surface area (Å²) in [6, 6.07) is 9.10. The highest BCUT2D eigenvalue weighted by atomic mass is 16.5. The Morgan fingerprint density at radius 2 is 1.63 bits per heavy atom. The van der Waals surface area contributed by atoms with E-state index < -0.39 is 0 Å². The van der Waals surface area contributed by atoms with Crippen LogP contribution in [0.15, 0.2) is 48.7 Å². The van der Waals surface area contributed by atoms with E-state index in [-0.39, 0.29) is 5.78 Å². The number of carbonyl (C=O) groups is 1. The van der Waals surface area contributed by atoms with Gasteiger partial charge in [0.25, 0.3) is 0 Å². The quantitative estimate of drug-likeness (QED) is 0.386. The first-order chi connectivity index (χ1) is 14.5. The second kappa shape index (κ2) is 8.78. The van der Waals surface area contributed by atoms with E-state index in [9.17, 15) is 4.79 Å². The number of hydrogen-bond acceptors (Lipinski definition) is 5. The van der Waals surface area contributed by atoms with E-state index in [0.29, 0.717) is 28.4 Å². The van der Waals surface area contributed by atoms with E-state index in [0.717, 1.165) is 22.2 Å². The zero-order chi connectivity index (χ0) is 21.8. The summed E-state index contributed by atoms with van der Waals surface area (Å²) in [5, 5.41) is 0.993. The number of ketones is 1. The minimum absolute atomic E-state index is 0.137. The first-order valence-corrected chi connectivity index (χ1v) is 9.31. The van der Waals surface area contributed by atoms with Gasteiger partial charge in [0.2, 0.25) is 5.75 Å². The number of nitrogens with zero attached hydrogens (tertiary/aromatic N) is 1. The Morgan fingerprint density at radius 1 is 0.967 bits per heavy atom. The largest absolute Gasteiger partial charge is 0.497 e. The second-order valence-corrected chi connectivity index (χ2v) is 6.63. The summed E-state index contributed by atoms with van der Waals surface area (Å²) in [5.74, 6) is 1.93. The summed E-state index contributed by atoms with van der Waals surface area (Å²) in [5.41, 5.74) is 2.88. The smallest absolute Gasteiger partial charge is 0.203 e. The highest BCUT2D eigenvalue weighted by Gasteiger charge is 2.18. The number of fused-ring (bicyclic) bond motifs is 1. The van der Waals surface area contributed by atoms with Crippen LogP contribution in [0.5, 0.6) is 23.0 Å². The predicted molar refractivity (Wildman–Crippen MR) is 119 cm³/mol. The van der Waals surface area contributed by atoms with Crippen molar-refractivity contribution in [3.63, 3.8) is 0 Å². The summed E-state index contributed by atoms with van der Waals surface area (Å²) < 4.78 is 23.3. The molecule has 2 aromatic carbocycles. The highest BCUT2D eigenvalue weighted by molar-refractivity contribution is 6.12. The van der Waals surface area contributed by atoms with Gasteiger partial charge in [-0.2, -0.15) is 0 Å². The molecule has 3 rings (SSSR count). The minimum atomic E-state index is -0.137. The molecule has 6 heteroatoms. The summed E-state index contributed by atoms with van der Waals surface area (Å²) in [4.78, 5) is 13.1.